The van der Waals surface area contributed by atoms with Gasteiger partial charge in [0, 0.05) is 12.4 Å². The van der Waals surface area contributed by atoms with E-state index < -0.39 is 0 Å². The monoisotopic (exact) mass is 172 g/mol. The second-order valence-electron chi connectivity index (χ2n) is 3.63. The number of pyridine rings is 1. The SMILES string of the molecule is CCC1CC1(C#N)c1cccnc1. The second kappa shape index (κ2) is 2.85. The highest BCUT2D eigenvalue weighted by Crippen LogP contribution is 2.55. The van der Waals surface area contributed by atoms with E-state index in [2.05, 4.69) is 18.0 Å². The first-order chi connectivity index (χ1) is 6.33. The molecule has 0 radical (unpaired) electrons. The summed E-state index contributed by atoms with van der Waals surface area (Å²) in [5.41, 5.74) is 0.882. The van der Waals surface area contributed by atoms with Crippen LogP contribution in [0.3, 0.4) is 0 Å². The minimum Gasteiger partial charge on any atom is -0.264 e. The summed E-state index contributed by atoms with van der Waals surface area (Å²) < 4.78 is 0. The molecule has 0 N–H and O–H groups in total. The van der Waals surface area contributed by atoms with Gasteiger partial charge in [0.1, 0.15) is 0 Å². The van der Waals surface area contributed by atoms with Gasteiger partial charge in [0.05, 0.1) is 11.5 Å². The Hall–Kier alpha value is -1.36. The molecule has 2 atom stereocenters. The summed E-state index contributed by atoms with van der Waals surface area (Å²) in [5, 5.41) is 9.13. The maximum absolute atomic E-state index is 9.13. The summed E-state index contributed by atoms with van der Waals surface area (Å²) in [7, 11) is 0. The van der Waals surface area contributed by atoms with E-state index >= 15 is 0 Å². The fraction of sp³-hybridized carbons (Fsp3) is 0.455. The molecular formula is C11H12N2. The summed E-state index contributed by atoms with van der Waals surface area (Å²) >= 11 is 0. The van der Waals surface area contributed by atoms with E-state index in [4.69, 9.17) is 5.26 Å². The van der Waals surface area contributed by atoms with Gasteiger partial charge in [-0.3, -0.25) is 4.98 Å². The van der Waals surface area contributed by atoms with Gasteiger partial charge in [-0.1, -0.05) is 19.4 Å². The van der Waals surface area contributed by atoms with E-state index in [0.717, 1.165) is 18.4 Å². The molecule has 1 aliphatic carbocycles. The van der Waals surface area contributed by atoms with Gasteiger partial charge in [-0.2, -0.15) is 5.26 Å². The predicted molar refractivity (Wildman–Crippen MR) is 49.9 cm³/mol. The van der Waals surface area contributed by atoms with Crippen molar-refractivity contribution in [1.82, 2.24) is 4.98 Å². The first kappa shape index (κ1) is 8.25. The van der Waals surface area contributed by atoms with E-state index in [9.17, 15) is 0 Å². The van der Waals surface area contributed by atoms with Gasteiger partial charge in [-0.05, 0) is 24.0 Å². The van der Waals surface area contributed by atoms with Crippen molar-refractivity contribution in [1.29, 1.82) is 5.26 Å². The Morgan fingerprint density at radius 1 is 1.77 bits per heavy atom. The van der Waals surface area contributed by atoms with Gasteiger partial charge in [0.15, 0.2) is 0 Å². The first-order valence-corrected chi connectivity index (χ1v) is 4.65. The normalized spacial score (nSPS) is 30.9. The van der Waals surface area contributed by atoms with Crippen LogP contribution >= 0.6 is 0 Å². The molecule has 2 heteroatoms. The van der Waals surface area contributed by atoms with Crippen molar-refractivity contribution in [2.45, 2.75) is 25.2 Å². The Morgan fingerprint density at radius 2 is 2.62 bits per heavy atom. The Balaban J connectivity index is 2.32. The van der Waals surface area contributed by atoms with Gasteiger partial charge in [0.2, 0.25) is 0 Å². The number of nitrogens with zero attached hydrogens (tertiary/aromatic N) is 2. The van der Waals surface area contributed by atoms with E-state index in [0.29, 0.717) is 5.92 Å². The lowest BCUT2D eigenvalue weighted by Gasteiger charge is -2.06. The highest BCUT2D eigenvalue weighted by molar-refractivity contribution is 5.39. The van der Waals surface area contributed by atoms with E-state index in [-0.39, 0.29) is 5.41 Å². The zero-order valence-corrected chi connectivity index (χ0v) is 7.70. The molecule has 0 spiro atoms. The Labute approximate surface area is 78.2 Å². The van der Waals surface area contributed by atoms with Crippen molar-refractivity contribution in [2.75, 3.05) is 0 Å². The van der Waals surface area contributed by atoms with Crippen molar-refractivity contribution >= 4 is 0 Å². The smallest absolute Gasteiger partial charge is 0.0869 e. The van der Waals surface area contributed by atoms with Crippen molar-refractivity contribution in [2.24, 2.45) is 5.92 Å². The molecule has 2 unspecified atom stereocenters. The van der Waals surface area contributed by atoms with Gasteiger partial charge in [-0.15, -0.1) is 0 Å². The maximum Gasteiger partial charge on any atom is 0.0869 e. The second-order valence-corrected chi connectivity index (χ2v) is 3.63. The molecule has 1 aromatic rings. The topological polar surface area (TPSA) is 36.7 Å². The molecule has 0 amide bonds. The molecule has 0 saturated heterocycles. The first-order valence-electron chi connectivity index (χ1n) is 4.65. The molecule has 1 heterocycles. The molecule has 1 fully saturated rings. The number of nitriles is 1. The van der Waals surface area contributed by atoms with Crippen LogP contribution in [0.4, 0.5) is 0 Å². The minimum atomic E-state index is -0.205. The quantitative estimate of drug-likeness (QED) is 0.686. The van der Waals surface area contributed by atoms with E-state index in [1.807, 2.05) is 18.3 Å². The predicted octanol–water partition coefficient (Wildman–Crippen LogP) is 2.27. The van der Waals surface area contributed by atoms with Crippen LogP contribution in [0, 0.1) is 17.2 Å². The van der Waals surface area contributed by atoms with E-state index in [1.165, 1.54) is 0 Å². The largest absolute Gasteiger partial charge is 0.264 e. The van der Waals surface area contributed by atoms with Gasteiger partial charge < -0.3 is 0 Å². The average Bonchev–Trinajstić information content (AvgIpc) is 2.94. The standard InChI is InChI=1S/C11H12N2/c1-2-9-6-11(9,8-12)10-4-3-5-13-7-10/h3-5,7,9H,2,6H2,1H3. The van der Waals surface area contributed by atoms with Crippen molar-refractivity contribution in [3.05, 3.63) is 30.1 Å². The molecule has 66 valence electrons. The highest BCUT2D eigenvalue weighted by Gasteiger charge is 2.54. The van der Waals surface area contributed by atoms with Crippen molar-refractivity contribution in [3.8, 4) is 6.07 Å². The van der Waals surface area contributed by atoms with Crippen molar-refractivity contribution < 1.29 is 0 Å². The molecule has 1 aliphatic rings. The van der Waals surface area contributed by atoms with Crippen LogP contribution < -0.4 is 0 Å². The fourth-order valence-corrected chi connectivity index (χ4v) is 2.00. The lowest BCUT2D eigenvalue weighted by Crippen LogP contribution is -2.06. The zero-order valence-electron chi connectivity index (χ0n) is 7.70. The maximum atomic E-state index is 9.13. The van der Waals surface area contributed by atoms with Crippen LogP contribution in [0.5, 0.6) is 0 Å². The third-order valence-corrected chi connectivity index (χ3v) is 2.97. The Kier molecular flexibility index (Phi) is 1.81. The van der Waals surface area contributed by atoms with Gasteiger partial charge >= 0.3 is 0 Å². The molecule has 1 saturated carbocycles. The van der Waals surface area contributed by atoms with Crippen LogP contribution in [0.2, 0.25) is 0 Å². The molecular weight excluding hydrogens is 160 g/mol. The molecule has 0 aromatic carbocycles. The fourth-order valence-electron chi connectivity index (χ4n) is 2.00. The molecule has 1 aromatic heterocycles. The summed E-state index contributed by atoms with van der Waals surface area (Å²) in [4.78, 5) is 4.06. The minimum absolute atomic E-state index is 0.205. The molecule has 0 bridgehead atoms. The Bertz CT molecular complexity index is 339. The lowest BCUT2D eigenvalue weighted by atomic mass is 9.96. The lowest BCUT2D eigenvalue weighted by molar-refractivity contribution is 0.699. The number of rotatable bonds is 2. The van der Waals surface area contributed by atoms with Gasteiger partial charge in [0.25, 0.3) is 0 Å². The third kappa shape index (κ3) is 1.12. The van der Waals surface area contributed by atoms with Crippen molar-refractivity contribution in [3.63, 3.8) is 0 Å². The van der Waals surface area contributed by atoms with Gasteiger partial charge in [-0.25, -0.2) is 0 Å². The van der Waals surface area contributed by atoms with Crippen LogP contribution in [0.1, 0.15) is 25.3 Å². The zero-order chi connectivity index (χ0) is 9.31. The van der Waals surface area contributed by atoms with Crippen LogP contribution in [0.25, 0.3) is 0 Å². The number of hydrogen-bond donors (Lipinski definition) is 0. The summed E-state index contributed by atoms with van der Waals surface area (Å²) in [5.74, 6) is 0.543. The molecule has 2 nitrogen and oxygen atoms in total. The number of aromatic nitrogens is 1. The average molecular weight is 172 g/mol. The number of hydrogen-bond acceptors (Lipinski definition) is 2. The summed E-state index contributed by atoms with van der Waals surface area (Å²) in [6.45, 7) is 2.14. The van der Waals surface area contributed by atoms with Crippen LogP contribution in [-0.2, 0) is 5.41 Å². The highest BCUT2D eigenvalue weighted by atomic mass is 14.7. The van der Waals surface area contributed by atoms with Crippen LogP contribution in [0.15, 0.2) is 24.5 Å². The summed E-state index contributed by atoms with van der Waals surface area (Å²) in [6, 6.07) is 6.34. The molecule has 0 aliphatic heterocycles. The molecule has 2 rings (SSSR count). The third-order valence-electron chi connectivity index (χ3n) is 2.97. The summed E-state index contributed by atoms with van der Waals surface area (Å²) in [6.07, 6.45) is 5.66. The Morgan fingerprint density at radius 3 is 3.08 bits per heavy atom. The molecule has 13 heavy (non-hydrogen) atoms. The van der Waals surface area contributed by atoms with E-state index in [1.54, 1.807) is 6.20 Å². The van der Waals surface area contributed by atoms with Crippen LogP contribution in [-0.4, -0.2) is 4.98 Å².